The molecule has 0 radical (unpaired) electrons. The van der Waals surface area contributed by atoms with E-state index < -0.39 is 11.9 Å². The number of esters is 1. The molecule has 0 amide bonds. The minimum absolute atomic E-state index is 0.0158. The second-order valence-corrected chi connectivity index (χ2v) is 9.21. The molecule has 0 saturated carbocycles. The van der Waals surface area contributed by atoms with Crippen molar-refractivity contribution in [3.05, 3.63) is 76.2 Å². The molecule has 1 N–H and O–H groups in total. The maximum atomic E-state index is 12.3. The zero-order valence-electron chi connectivity index (χ0n) is 20.2. The molecule has 0 saturated heterocycles. The first-order valence-electron chi connectivity index (χ1n) is 11.5. The number of carboxylic acid groups (broad SMARTS) is 1. The lowest BCUT2D eigenvalue weighted by atomic mass is 10.0. The van der Waals surface area contributed by atoms with Crippen molar-refractivity contribution >= 4 is 52.1 Å². The van der Waals surface area contributed by atoms with Gasteiger partial charge in [0.05, 0.1) is 6.61 Å². The first-order chi connectivity index (χ1) is 17.9. The summed E-state index contributed by atoms with van der Waals surface area (Å²) in [6.07, 6.45) is 1.53. The molecular weight excluding hydrogens is 514 g/mol. The maximum Gasteiger partial charge on any atom is 0.344 e. The van der Waals surface area contributed by atoms with Gasteiger partial charge >= 0.3 is 11.9 Å². The summed E-state index contributed by atoms with van der Waals surface area (Å²) in [5, 5.41) is 21.3. The van der Waals surface area contributed by atoms with Gasteiger partial charge in [0, 0.05) is 22.7 Å². The molecule has 0 atom stereocenters. The van der Waals surface area contributed by atoms with Crippen LogP contribution in [0.4, 0.5) is 0 Å². The average molecular weight is 538 g/mol. The van der Waals surface area contributed by atoms with E-state index in [2.05, 4.69) is 10.2 Å². The highest BCUT2D eigenvalue weighted by atomic mass is 35.5. The van der Waals surface area contributed by atoms with Gasteiger partial charge in [-0.3, -0.25) is 0 Å². The van der Waals surface area contributed by atoms with E-state index >= 15 is 0 Å². The zero-order valence-corrected chi connectivity index (χ0v) is 21.8. The largest absolute Gasteiger partial charge is 0.481 e. The van der Waals surface area contributed by atoms with Gasteiger partial charge in [-0.1, -0.05) is 41.9 Å². The van der Waals surface area contributed by atoms with Crippen LogP contribution >= 0.6 is 23.4 Å². The number of hydrogen-bond acceptors (Lipinski definition) is 7. The molecule has 4 rings (SSSR count). The van der Waals surface area contributed by atoms with Crippen LogP contribution in [0.1, 0.15) is 19.4 Å². The molecule has 3 aromatic carbocycles. The number of ether oxygens (including phenoxy) is 2. The lowest BCUT2D eigenvalue weighted by Crippen LogP contribution is -2.15. The summed E-state index contributed by atoms with van der Waals surface area (Å²) in [4.78, 5) is 24.2. The fraction of sp³-hybridized carbons (Fsp3) is 0.185. The smallest absolute Gasteiger partial charge is 0.344 e. The molecule has 0 aliphatic heterocycles. The Bertz CT molecular complexity index is 1470. The molecule has 190 valence electrons. The predicted molar refractivity (Wildman–Crippen MR) is 144 cm³/mol. The summed E-state index contributed by atoms with van der Waals surface area (Å²) in [5.74, 6) is -0.669. The van der Waals surface area contributed by atoms with Crippen LogP contribution in [0.2, 0.25) is 5.02 Å². The Labute approximate surface area is 222 Å². The van der Waals surface area contributed by atoms with Crippen molar-refractivity contribution in [3.63, 3.8) is 0 Å². The van der Waals surface area contributed by atoms with E-state index in [0.717, 1.165) is 28.1 Å². The molecule has 0 aliphatic rings. The maximum absolute atomic E-state index is 12.3. The van der Waals surface area contributed by atoms with Gasteiger partial charge in [-0.25, -0.2) is 9.59 Å². The lowest BCUT2D eigenvalue weighted by molar-refractivity contribution is -0.145. The number of nitrogens with zero attached hydrogens (tertiary/aromatic N) is 3. The Balaban J connectivity index is 1.74. The van der Waals surface area contributed by atoms with Crippen LogP contribution < -0.4 is 4.74 Å². The van der Waals surface area contributed by atoms with E-state index in [4.69, 9.17) is 21.1 Å². The number of carbonyl (C=O) groups is 2. The van der Waals surface area contributed by atoms with Gasteiger partial charge in [-0.05, 0) is 72.8 Å². The number of carbonyl (C=O) groups excluding carboxylic acids is 1. The molecule has 8 nitrogen and oxygen atoms in total. The van der Waals surface area contributed by atoms with Crippen LogP contribution in [-0.2, 0) is 20.9 Å². The van der Waals surface area contributed by atoms with Crippen molar-refractivity contribution in [3.8, 4) is 17.1 Å². The molecule has 10 heteroatoms. The zero-order chi connectivity index (χ0) is 26.4. The van der Waals surface area contributed by atoms with E-state index in [1.54, 1.807) is 25.1 Å². The summed E-state index contributed by atoms with van der Waals surface area (Å²) in [5.41, 5.74) is 1.35. The number of halogens is 1. The summed E-state index contributed by atoms with van der Waals surface area (Å²) in [6.45, 7) is 4.12. The highest BCUT2D eigenvalue weighted by Gasteiger charge is 2.20. The van der Waals surface area contributed by atoms with Crippen LogP contribution in [0.3, 0.4) is 0 Å². The molecule has 0 bridgehead atoms. The molecule has 1 heterocycles. The number of aliphatic carboxylic acids is 1. The van der Waals surface area contributed by atoms with Crippen LogP contribution in [0.15, 0.2) is 70.7 Å². The van der Waals surface area contributed by atoms with E-state index in [1.807, 2.05) is 54.0 Å². The van der Waals surface area contributed by atoms with E-state index in [-0.39, 0.29) is 18.1 Å². The Morgan fingerprint density at radius 3 is 2.51 bits per heavy atom. The summed E-state index contributed by atoms with van der Waals surface area (Å²) < 4.78 is 12.5. The number of benzene rings is 3. The van der Waals surface area contributed by atoms with Gasteiger partial charge in [0.2, 0.25) is 0 Å². The molecule has 37 heavy (non-hydrogen) atoms. The lowest BCUT2D eigenvalue weighted by Gasteiger charge is -2.13. The van der Waals surface area contributed by atoms with Gasteiger partial charge in [0.1, 0.15) is 10.7 Å². The Morgan fingerprint density at radius 1 is 1.05 bits per heavy atom. The normalized spacial score (nSPS) is 11.5. The Kier molecular flexibility index (Phi) is 8.47. The monoisotopic (exact) mass is 537 g/mol. The van der Waals surface area contributed by atoms with Crippen molar-refractivity contribution < 1.29 is 24.2 Å². The molecule has 0 spiro atoms. The highest BCUT2D eigenvalue weighted by molar-refractivity contribution is 8.04. The predicted octanol–water partition coefficient (Wildman–Crippen LogP) is 5.93. The topological polar surface area (TPSA) is 104 Å². The molecule has 4 aromatic rings. The van der Waals surface area contributed by atoms with Crippen molar-refractivity contribution in [1.82, 2.24) is 14.8 Å². The third-order valence-electron chi connectivity index (χ3n) is 5.40. The van der Waals surface area contributed by atoms with Crippen molar-refractivity contribution in [1.29, 1.82) is 0 Å². The standard InChI is InChI=1S/C27H24ClN3O5S/c1-3-31-25(18-9-12-19(28)13-10-18)29-30-27(31)37-23(26(33)34)15-21-20-8-6-5-7-17(20)11-14-22(21)36-16-24(32)35-4-2/h5-15H,3-4,16H2,1-2H3,(H,33,34)/b23-15-. The number of fused-ring (bicyclic) bond motifs is 1. The molecule has 0 fully saturated rings. The van der Waals surface area contributed by atoms with Gasteiger partial charge < -0.3 is 19.1 Å². The van der Waals surface area contributed by atoms with Gasteiger partial charge in [0.15, 0.2) is 17.6 Å². The second kappa shape index (κ2) is 11.9. The minimum Gasteiger partial charge on any atom is -0.481 e. The fourth-order valence-corrected chi connectivity index (χ4v) is 4.71. The first-order valence-corrected chi connectivity index (χ1v) is 12.7. The van der Waals surface area contributed by atoms with Crippen LogP contribution in [-0.4, -0.2) is 45.0 Å². The molecule has 0 aliphatic carbocycles. The fourth-order valence-electron chi connectivity index (χ4n) is 3.72. The van der Waals surface area contributed by atoms with Crippen molar-refractivity contribution in [2.45, 2.75) is 25.5 Å². The van der Waals surface area contributed by atoms with Crippen molar-refractivity contribution in [2.75, 3.05) is 13.2 Å². The second-order valence-electron chi connectivity index (χ2n) is 7.77. The number of rotatable bonds is 10. The van der Waals surface area contributed by atoms with E-state index in [0.29, 0.717) is 33.9 Å². The molecular formula is C27H24ClN3O5S. The van der Waals surface area contributed by atoms with Crippen LogP contribution in [0.25, 0.3) is 28.2 Å². The van der Waals surface area contributed by atoms with E-state index in [9.17, 15) is 14.7 Å². The van der Waals surface area contributed by atoms with Crippen molar-refractivity contribution in [2.24, 2.45) is 0 Å². The van der Waals surface area contributed by atoms with E-state index in [1.165, 1.54) is 6.08 Å². The number of carboxylic acids is 1. The van der Waals surface area contributed by atoms with Gasteiger partial charge in [0.25, 0.3) is 0 Å². The summed E-state index contributed by atoms with van der Waals surface area (Å²) >= 11 is 7.00. The average Bonchev–Trinajstić information content (AvgIpc) is 3.30. The van der Waals surface area contributed by atoms with Crippen LogP contribution in [0, 0.1) is 0 Å². The quantitative estimate of drug-likeness (QED) is 0.151. The molecule has 1 aromatic heterocycles. The van der Waals surface area contributed by atoms with Gasteiger partial charge in [-0.2, -0.15) is 0 Å². The SMILES string of the molecule is CCOC(=O)COc1ccc2ccccc2c1/C=C(\Sc1nnc(-c2ccc(Cl)cc2)n1CC)C(=O)O. The highest BCUT2D eigenvalue weighted by Crippen LogP contribution is 2.35. The Hall–Kier alpha value is -3.82. The molecule has 0 unspecified atom stereocenters. The van der Waals surface area contributed by atoms with Crippen LogP contribution in [0.5, 0.6) is 5.75 Å². The number of thioether (sulfide) groups is 1. The first kappa shape index (κ1) is 26.2. The third kappa shape index (κ3) is 6.12. The number of aromatic nitrogens is 3. The summed E-state index contributed by atoms with van der Waals surface area (Å²) in [6, 6.07) is 18.3. The van der Waals surface area contributed by atoms with Gasteiger partial charge in [-0.15, -0.1) is 10.2 Å². The Morgan fingerprint density at radius 2 is 1.81 bits per heavy atom. The summed E-state index contributed by atoms with van der Waals surface area (Å²) in [7, 11) is 0. The third-order valence-corrected chi connectivity index (χ3v) is 6.65. The minimum atomic E-state index is -1.13. The number of hydrogen-bond donors (Lipinski definition) is 1.